The molecule has 1 aromatic heterocycles. The standard InChI is InChI=1S/C10H14N4OS/c1-15-9(11)5-6-16-7-8-3-2-4-10(13-8)14-12/h2-4,11-12H,5-7H2,1H3. The molecule has 16 heavy (non-hydrogen) atoms. The average Bonchev–Trinajstić information content (AvgIpc) is 2.34. The molecule has 0 amide bonds. The van der Waals surface area contributed by atoms with Gasteiger partial charge < -0.3 is 4.74 Å². The first-order valence-corrected chi connectivity index (χ1v) is 5.94. The van der Waals surface area contributed by atoms with Crippen molar-refractivity contribution in [3.63, 3.8) is 0 Å². The fraction of sp³-hybridized carbons (Fsp3) is 0.400. The molecule has 0 saturated heterocycles. The third-order valence-corrected chi connectivity index (χ3v) is 2.87. The lowest BCUT2D eigenvalue weighted by Gasteiger charge is -2.02. The molecular formula is C10H14N4OS. The summed E-state index contributed by atoms with van der Waals surface area (Å²) >= 11 is 1.68. The van der Waals surface area contributed by atoms with Crippen LogP contribution >= 0.6 is 11.8 Å². The van der Waals surface area contributed by atoms with E-state index >= 15 is 0 Å². The Morgan fingerprint density at radius 2 is 2.38 bits per heavy atom. The number of ether oxygens (including phenoxy) is 1. The van der Waals surface area contributed by atoms with Crippen LogP contribution in [-0.4, -0.2) is 23.7 Å². The number of nitrogens with zero attached hydrogens (tertiary/aromatic N) is 2. The molecule has 0 saturated carbocycles. The molecule has 6 heteroatoms. The molecular weight excluding hydrogens is 224 g/mol. The fourth-order valence-corrected chi connectivity index (χ4v) is 1.90. The normalized spacial score (nSPS) is 9.81. The molecule has 0 atom stereocenters. The third-order valence-electron chi connectivity index (χ3n) is 1.88. The van der Waals surface area contributed by atoms with E-state index < -0.39 is 0 Å². The van der Waals surface area contributed by atoms with Gasteiger partial charge in [-0.05, 0) is 12.1 Å². The van der Waals surface area contributed by atoms with E-state index in [1.54, 1.807) is 17.8 Å². The van der Waals surface area contributed by atoms with Crippen molar-refractivity contribution in [1.82, 2.24) is 4.98 Å². The lowest BCUT2D eigenvalue weighted by atomic mass is 10.4. The fourth-order valence-electron chi connectivity index (χ4n) is 1.05. The summed E-state index contributed by atoms with van der Waals surface area (Å²) in [5.41, 5.74) is 7.75. The van der Waals surface area contributed by atoms with Crippen molar-refractivity contribution in [1.29, 1.82) is 10.9 Å². The molecule has 1 rings (SSSR count). The molecule has 0 aromatic carbocycles. The average molecular weight is 238 g/mol. The number of methoxy groups -OCH3 is 1. The minimum atomic E-state index is 0.301. The predicted octanol–water partition coefficient (Wildman–Crippen LogP) is 2.99. The van der Waals surface area contributed by atoms with Crippen LogP contribution in [0.15, 0.2) is 23.3 Å². The summed E-state index contributed by atoms with van der Waals surface area (Å²) in [7, 11) is 1.51. The molecule has 0 radical (unpaired) electrons. The zero-order valence-corrected chi connectivity index (χ0v) is 9.88. The first kappa shape index (κ1) is 12.6. The first-order chi connectivity index (χ1) is 7.76. The van der Waals surface area contributed by atoms with Gasteiger partial charge in [0.15, 0.2) is 11.7 Å². The van der Waals surface area contributed by atoms with Crippen LogP contribution in [0, 0.1) is 10.9 Å². The van der Waals surface area contributed by atoms with Crippen LogP contribution in [0.4, 0.5) is 5.82 Å². The maximum atomic E-state index is 7.29. The van der Waals surface area contributed by atoms with E-state index in [9.17, 15) is 0 Å². The number of rotatable bonds is 6. The summed E-state index contributed by atoms with van der Waals surface area (Å²) in [6, 6.07) is 5.44. The maximum absolute atomic E-state index is 7.29. The summed E-state index contributed by atoms with van der Waals surface area (Å²) in [4.78, 5) is 4.17. The van der Waals surface area contributed by atoms with Crippen molar-refractivity contribution in [2.24, 2.45) is 5.11 Å². The quantitative estimate of drug-likeness (QED) is 0.346. The van der Waals surface area contributed by atoms with Crippen LogP contribution in [0.3, 0.4) is 0 Å². The molecule has 1 aromatic rings. The molecule has 2 N–H and O–H groups in total. The van der Waals surface area contributed by atoms with Gasteiger partial charge in [0, 0.05) is 17.9 Å². The highest BCUT2D eigenvalue weighted by Gasteiger charge is 1.99. The van der Waals surface area contributed by atoms with Gasteiger partial charge in [0.1, 0.15) is 0 Å². The van der Waals surface area contributed by atoms with Crippen molar-refractivity contribution < 1.29 is 4.74 Å². The van der Waals surface area contributed by atoms with E-state index in [1.165, 1.54) is 7.11 Å². The Kier molecular flexibility index (Phi) is 5.49. The lowest BCUT2D eigenvalue weighted by molar-refractivity contribution is 0.389. The van der Waals surface area contributed by atoms with Crippen molar-refractivity contribution in [3.8, 4) is 0 Å². The zero-order valence-electron chi connectivity index (χ0n) is 9.06. The molecule has 0 fully saturated rings. The van der Waals surface area contributed by atoms with Crippen LogP contribution < -0.4 is 0 Å². The highest BCUT2D eigenvalue weighted by atomic mass is 32.2. The van der Waals surface area contributed by atoms with E-state index in [2.05, 4.69) is 10.1 Å². The molecule has 0 bridgehead atoms. The highest BCUT2D eigenvalue weighted by molar-refractivity contribution is 7.98. The predicted molar refractivity (Wildman–Crippen MR) is 64.6 cm³/mol. The molecule has 0 spiro atoms. The van der Waals surface area contributed by atoms with Crippen molar-refractivity contribution in [3.05, 3.63) is 23.9 Å². The topological polar surface area (TPSA) is 82.2 Å². The van der Waals surface area contributed by atoms with Gasteiger partial charge in [0.25, 0.3) is 0 Å². The summed E-state index contributed by atoms with van der Waals surface area (Å²) < 4.78 is 4.75. The van der Waals surface area contributed by atoms with Gasteiger partial charge in [0.05, 0.1) is 12.8 Å². The molecule has 5 nitrogen and oxygen atoms in total. The Balaban J connectivity index is 2.31. The van der Waals surface area contributed by atoms with Crippen LogP contribution in [0.5, 0.6) is 0 Å². The zero-order chi connectivity index (χ0) is 11.8. The van der Waals surface area contributed by atoms with E-state index in [0.29, 0.717) is 18.1 Å². The highest BCUT2D eigenvalue weighted by Crippen LogP contribution is 2.14. The van der Waals surface area contributed by atoms with E-state index in [1.807, 2.05) is 12.1 Å². The van der Waals surface area contributed by atoms with Gasteiger partial charge in [-0.15, -0.1) is 5.11 Å². The minimum Gasteiger partial charge on any atom is -0.484 e. The van der Waals surface area contributed by atoms with Crippen LogP contribution in [-0.2, 0) is 10.5 Å². The van der Waals surface area contributed by atoms with E-state index in [0.717, 1.165) is 17.2 Å². The second kappa shape index (κ2) is 6.95. The maximum Gasteiger partial charge on any atom is 0.180 e. The lowest BCUT2D eigenvalue weighted by Crippen LogP contribution is -2.00. The minimum absolute atomic E-state index is 0.301. The molecule has 86 valence electrons. The summed E-state index contributed by atoms with van der Waals surface area (Å²) in [5, 5.41) is 10.6. The van der Waals surface area contributed by atoms with Crippen molar-refractivity contribution >= 4 is 23.5 Å². The van der Waals surface area contributed by atoms with Gasteiger partial charge >= 0.3 is 0 Å². The molecule has 1 heterocycles. The van der Waals surface area contributed by atoms with Crippen LogP contribution in [0.1, 0.15) is 12.1 Å². The van der Waals surface area contributed by atoms with Gasteiger partial charge in [-0.1, -0.05) is 6.07 Å². The summed E-state index contributed by atoms with van der Waals surface area (Å²) in [6.07, 6.45) is 0.629. The molecule has 0 aliphatic rings. The SMILES string of the molecule is COC(=N)CCSCc1cccc(N=N)n1. The van der Waals surface area contributed by atoms with Crippen LogP contribution in [0.25, 0.3) is 0 Å². The first-order valence-electron chi connectivity index (χ1n) is 4.79. The Morgan fingerprint density at radius 3 is 3.06 bits per heavy atom. The van der Waals surface area contributed by atoms with E-state index in [4.69, 9.17) is 15.7 Å². The number of nitrogens with one attached hydrogen (secondary N) is 2. The Labute approximate surface area is 98.6 Å². The number of pyridine rings is 1. The van der Waals surface area contributed by atoms with Crippen LogP contribution in [0.2, 0.25) is 0 Å². The second-order valence-electron chi connectivity index (χ2n) is 3.03. The van der Waals surface area contributed by atoms with Gasteiger partial charge in [-0.25, -0.2) is 10.5 Å². The second-order valence-corrected chi connectivity index (χ2v) is 4.13. The summed E-state index contributed by atoms with van der Waals surface area (Å²) in [6.45, 7) is 0. The number of aromatic nitrogens is 1. The van der Waals surface area contributed by atoms with Crippen molar-refractivity contribution in [2.45, 2.75) is 12.2 Å². The van der Waals surface area contributed by atoms with Gasteiger partial charge in [0.2, 0.25) is 0 Å². The van der Waals surface area contributed by atoms with E-state index in [-0.39, 0.29) is 0 Å². The Bertz CT molecular complexity index is 370. The molecule has 0 unspecified atom stereocenters. The summed E-state index contributed by atoms with van der Waals surface area (Å²) in [5.74, 6) is 2.33. The smallest absolute Gasteiger partial charge is 0.180 e. The number of thioether (sulfide) groups is 1. The number of hydrogen-bond acceptors (Lipinski definition) is 6. The Hall–Kier alpha value is -1.43. The van der Waals surface area contributed by atoms with Crippen molar-refractivity contribution in [2.75, 3.05) is 12.9 Å². The number of hydrogen-bond donors (Lipinski definition) is 2. The molecule has 0 aliphatic heterocycles. The molecule has 0 aliphatic carbocycles. The largest absolute Gasteiger partial charge is 0.484 e. The monoisotopic (exact) mass is 238 g/mol. The third kappa shape index (κ3) is 4.39. The van der Waals surface area contributed by atoms with Gasteiger partial charge in [-0.2, -0.15) is 11.8 Å². The van der Waals surface area contributed by atoms with Gasteiger partial charge in [-0.3, -0.25) is 5.41 Å². The Morgan fingerprint density at radius 1 is 1.56 bits per heavy atom.